The highest BCUT2D eigenvalue weighted by Gasteiger charge is 2.33. The lowest BCUT2D eigenvalue weighted by atomic mass is 9.91. The molecule has 3 N–H and O–H groups in total. The number of amides is 1. The molecule has 1 amide bonds. The smallest absolute Gasteiger partial charge is 0.245 e. The molecule has 0 bridgehead atoms. The Kier molecular flexibility index (Phi) is 3.59. The summed E-state index contributed by atoms with van der Waals surface area (Å²) >= 11 is 0. The Morgan fingerprint density at radius 2 is 1.82 bits per heavy atom. The zero-order valence-electron chi connectivity index (χ0n) is 10.4. The molecule has 1 aromatic rings. The predicted octanol–water partition coefficient (Wildman–Crippen LogP) is 1.39. The van der Waals surface area contributed by atoms with E-state index in [-0.39, 0.29) is 5.91 Å². The Labute approximate surface area is 102 Å². The maximum absolute atomic E-state index is 12.1. The summed E-state index contributed by atoms with van der Waals surface area (Å²) in [5.41, 5.74) is 5.03. The van der Waals surface area contributed by atoms with E-state index < -0.39 is 11.1 Å². The third-order valence-corrected chi connectivity index (χ3v) is 2.63. The first-order valence-electron chi connectivity index (χ1n) is 5.44. The molecule has 1 unspecified atom stereocenters. The molecule has 0 heterocycles. The SMILES string of the molecule is C#CC(C)(C)NC(=O)C(C)(N)c1ccccc1. The van der Waals surface area contributed by atoms with Crippen LogP contribution in [0.4, 0.5) is 0 Å². The van der Waals surface area contributed by atoms with Crippen molar-refractivity contribution < 1.29 is 4.79 Å². The molecule has 1 atom stereocenters. The van der Waals surface area contributed by atoms with Gasteiger partial charge in [0.1, 0.15) is 5.54 Å². The van der Waals surface area contributed by atoms with Crippen molar-refractivity contribution in [3.63, 3.8) is 0 Å². The van der Waals surface area contributed by atoms with Crippen LogP contribution in [0.5, 0.6) is 0 Å². The average molecular weight is 230 g/mol. The van der Waals surface area contributed by atoms with Gasteiger partial charge in [-0.3, -0.25) is 4.79 Å². The maximum atomic E-state index is 12.1. The summed E-state index contributed by atoms with van der Waals surface area (Å²) in [4.78, 5) is 12.1. The quantitative estimate of drug-likeness (QED) is 0.771. The molecule has 0 aromatic heterocycles. The second-order valence-electron chi connectivity index (χ2n) is 4.79. The standard InChI is InChI=1S/C14H18N2O/c1-5-13(2,3)16-12(17)14(4,15)11-9-7-6-8-10-11/h1,6-10H,15H2,2-4H3,(H,16,17). The molecular weight excluding hydrogens is 212 g/mol. The molecule has 0 radical (unpaired) electrons. The van der Waals surface area contributed by atoms with E-state index in [1.807, 2.05) is 30.3 Å². The molecule has 0 aliphatic rings. The molecular formula is C14H18N2O. The lowest BCUT2D eigenvalue weighted by molar-refractivity contribution is -0.127. The lowest BCUT2D eigenvalue weighted by Crippen LogP contribution is -2.54. The van der Waals surface area contributed by atoms with Gasteiger partial charge in [0.05, 0.1) is 5.54 Å². The maximum Gasteiger partial charge on any atom is 0.245 e. The Morgan fingerprint density at radius 1 is 1.29 bits per heavy atom. The number of hydrogen-bond acceptors (Lipinski definition) is 2. The molecule has 1 rings (SSSR count). The number of carbonyl (C=O) groups is 1. The lowest BCUT2D eigenvalue weighted by Gasteiger charge is -2.29. The van der Waals surface area contributed by atoms with Crippen molar-refractivity contribution in [2.45, 2.75) is 31.8 Å². The molecule has 3 heteroatoms. The van der Waals surface area contributed by atoms with Crippen LogP contribution < -0.4 is 11.1 Å². The minimum atomic E-state index is -1.09. The van der Waals surface area contributed by atoms with Gasteiger partial charge in [-0.2, -0.15) is 0 Å². The van der Waals surface area contributed by atoms with Crippen molar-refractivity contribution >= 4 is 5.91 Å². The van der Waals surface area contributed by atoms with Gasteiger partial charge >= 0.3 is 0 Å². The van der Waals surface area contributed by atoms with Gasteiger partial charge in [-0.25, -0.2) is 0 Å². The highest BCUT2D eigenvalue weighted by atomic mass is 16.2. The van der Waals surface area contributed by atoms with Crippen LogP contribution in [0.3, 0.4) is 0 Å². The van der Waals surface area contributed by atoms with Crippen molar-refractivity contribution in [1.82, 2.24) is 5.32 Å². The van der Waals surface area contributed by atoms with Crippen molar-refractivity contribution in [3.8, 4) is 12.3 Å². The Hall–Kier alpha value is -1.79. The monoisotopic (exact) mass is 230 g/mol. The van der Waals surface area contributed by atoms with Crippen LogP contribution >= 0.6 is 0 Å². The van der Waals surface area contributed by atoms with Crippen LogP contribution in [0.2, 0.25) is 0 Å². The van der Waals surface area contributed by atoms with Gasteiger partial charge in [0.25, 0.3) is 0 Å². The molecule has 0 fully saturated rings. The van der Waals surface area contributed by atoms with E-state index in [4.69, 9.17) is 12.2 Å². The molecule has 17 heavy (non-hydrogen) atoms. The first-order chi connectivity index (χ1) is 7.79. The van der Waals surface area contributed by atoms with Gasteiger partial charge in [0, 0.05) is 0 Å². The van der Waals surface area contributed by atoms with Crippen LogP contribution in [-0.2, 0) is 10.3 Å². The Morgan fingerprint density at radius 3 is 2.29 bits per heavy atom. The summed E-state index contributed by atoms with van der Waals surface area (Å²) in [6.45, 7) is 5.18. The van der Waals surface area contributed by atoms with Gasteiger partial charge in [-0.1, -0.05) is 36.3 Å². The van der Waals surface area contributed by atoms with E-state index in [1.165, 1.54) is 0 Å². The normalized spacial score (nSPS) is 14.5. The number of nitrogens with two attached hydrogens (primary N) is 1. The molecule has 3 nitrogen and oxygen atoms in total. The molecule has 0 saturated heterocycles. The summed E-state index contributed by atoms with van der Waals surface area (Å²) in [7, 11) is 0. The minimum absolute atomic E-state index is 0.286. The van der Waals surface area contributed by atoms with Crippen LogP contribution in [0.15, 0.2) is 30.3 Å². The topological polar surface area (TPSA) is 55.1 Å². The van der Waals surface area contributed by atoms with E-state index in [0.29, 0.717) is 0 Å². The van der Waals surface area contributed by atoms with Crippen LogP contribution in [0.25, 0.3) is 0 Å². The predicted molar refractivity (Wildman–Crippen MR) is 69.0 cm³/mol. The zero-order chi connectivity index (χ0) is 13.1. The second-order valence-corrected chi connectivity index (χ2v) is 4.79. The van der Waals surface area contributed by atoms with Gasteiger partial charge < -0.3 is 11.1 Å². The Balaban J connectivity index is 2.93. The van der Waals surface area contributed by atoms with Crippen LogP contribution in [-0.4, -0.2) is 11.4 Å². The van der Waals surface area contributed by atoms with Gasteiger partial charge in [-0.15, -0.1) is 6.42 Å². The number of benzene rings is 1. The molecule has 0 saturated carbocycles. The zero-order valence-corrected chi connectivity index (χ0v) is 10.4. The third-order valence-electron chi connectivity index (χ3n) is 2.63. The number of carbonyl (C=O) groups excluding carboxylic acids is 1. The highest BCUT2D eigenvalue weighted by Crippen LogP contribution is 2.18. The molecule has 0 aliphatic carbocycles. The second kappa shape index (κ2) is 4.60. The number of hydrogen-bond donors (Lipinski definition) is 2. The largest absolute Gasteiger partial charge is 0.338 e. The van der Waals surface area contributed by atoms with E-state index in [2.05, 4.69) is 11.2 Å². The van der Waals surface area contributed by atoms with Crippen molar-refractivity contribution in [1.29, 1.82) is 0 Å². The van der Waals surface area contributed by atoms with Crippen molar-refractivity contribution in [2.24, 2.45) is 5.73 Å². The fourth-order valence-electron chi connectivity index (χ4n) is 1.37. The van der Waals surface area contributed by atoms with Crippen molar-refractivity contribution in [2.75, 3.05) is 0 Å². The first-order valence-corrected chi connectivity index (χ1v) is 5.44. The molecule has 1 aromatic carbocycles. The summed E-state index contributed by atoms with van der Waals surface area (Å²) in [6, 6.07) is 9.22. The fraction of sp³-hybridized carbons (Fsp3) is 0.357. The molecule has 0 spiro atoms. The first kappa shape index (κ1) is 13.3. The molecule has 0 aliphatic heterocycles. The van der Waals surface area contributed by atoms with E-state index in [0.717, 1.165) is 5.56 Å². The number of terminal acetylenes is 1. The van der Waals surface area contributed by atoms with E-state index in [1.54, 1.807) is 20.8 Å². The van der Waals surface area contributed by atoms with Crippen LogP contribution in [0, 0.1) is 12.3 Å². The average Bonchev–Trinajstić information content (AvgIpc) is 2.29. The van der Waals surface area contributed by atoms with Crippen LogP contribution in [0.1, 0.15) is 26.3 Å². The summed E-state index contributed by atoms with van der Waals surface area (Å²) < 4.78 is 0. The van der Waals surface area contributed by atoms with E-state index in [9.17, 15) is 4.79 Å². The summed E-state index contributed by atoms with van der Waals surface area (Å²) in [5, 5.41) is 2.74. The van der Waals surface area contributed by atoms with E-state index >= 15 is 0 Å². The minimum Gasteiger partial charge on any atom is -0.338 e. The third kappa shape index (κ3) is 3.08. The number of rotatable bonds is 3. The summed E-state index contributed by atoms with van der Waals surface area (Å²) in [6.07, 6.45) is 5.33. The molecule has 90 valence electrons. The highest BCUT2D eigenvalue weighted by molar-refractivity contribution is 5.87. The van der Waals surface area contributed by atoms with Gasteiger partial charge in [0.15, 0.2) is 0 Å². The fourth-order valence-corrected chi connectivity index (χ4v) is 1.37. The summed E-state index contributed by atoms with van der Waals surface area (Å²) in [5.74, 6) is 2.22. The van der Waals surface area contributed by atoms with Crippen molar-refractivity contribution in [3.05, 3.63) is 35.9 Å². The Bertz CT molecular complexity index is 441. The number of nitrogens with one attached hydrogen (secondary N) is 1. The van der Waals surface area contributed by atoms with Gasteiger partial charge in [0.2, 0.25) is 5.91 Å². The van der Waals surface area contributed by atoms with Gasteiger partial charge in [-0.05, 0) is 26.3 Å².